The van der Waals surface area contributed by atoms with Gasteiger partial charge in [0.05, 0.1) is 6.54 Å². The van der Waals surface area contributed by atoms with Crippen molar-refractivity contribution < 1.29 is 9.00 Å². The molecule has 1 fully saturated rings. The number of benzene rings is 2. The Morgan fingerprint density at radius 1 is 1.12 bits per heavy atom. The van der Waals surface area contributed by atoms with Crippen molar-refractivity contribution >= 4 is 50.9 Å². The summed E-state index contributed by atoms with van der Waals surface area (Å²) in [7, 11) is 1.26. The predicted molar refractivity (Wildman–Crippen MR) is 117 cm³/mol. The van der Waals surface area contributed by atoms with Crippen molar-refractivity contribution in [2.45, 2.75) is 4.90 Å². The SMILES string of the molecule is CN(C)c1cccc2c([SH](=O)(I)N3CCN(C(=O)CN)CC3)cccc12. The summed E-state index contributed by atoms with van der Waals surface area (Å²) in [6, 6.07) is 12.1. The van der Waals surface area contributed by atoms with Crippen LogP contribution in [0.1, 0.15) is 0 Å². The number of carbonyl (C=O) groups is 1. The molecule has 0 atom stereocenters. The van der Waals surface area contributed by atoms with E-state index in [2.05, 4.69) is 38.2 Å². The van der Waals surface area contributed by atoms with E-state index in [1.807, 2.05) is 42.7 Å². The number of amides is 1. The maximum Gasteiger partial charge on any atom is 0.236 e. The van der Waals surface area contributed by atoms with Crippen LogP contribution >= 0.6 is 21.2 Å². The second kappa shape index (κ2) is 7.79. The van der Waals surface area contributed by atoms with Gasteiger partial charge in [-0.15, -0.1) is 0 Å². The van der Waals surface area contributed by atoms with Gasteiger partial charge in [-0.05, 0) is 17.5 Å². The molecule has 3 rings (SSSR count). The molecule has 0 aliphatic carbocycles. The number of hydrogen-bond donors (Lipinski definition) is 2. The average Bonchev–Trinajstić information content (AvgIpc) is 2.66. The van der Waals surface area contributed by atoms with E-state index in [4.69, 9.17) is 5.73 Å². The van der Waals surface area contributed by atoms with Gasteiger partial charge < -0.3 is 15.5 Å². The van der Waals surface area contributed by atoms with Crippen molar-refractivity contribution in [1.29, 1.82) is 0 Å². The molecule has 26 heavy (non-hydrogen) atoms. The minimum atomic E-state index is -2.77. The maximum atomic E-state index is 13.8. The Hall–Kier alpha value is -1.23. The Kier molecular flexibility index (Phi) is 5.85. The third-order valence-electron chi connectivity index (χ3n) is 4.80. The highest BCUT2D eigenvalue weighted by molar-refractivity contribution is 14.2. The van der Waals surface area contributed by atoms with E-state index in [9.17, 15) is 9.00 Å². The Balaban J connectivity index is 1.95. The van der Waals surface area contributed by atoms with E-state index in [0.29, 0.717) is 26.2 Å². The van der Waals surface area contributed by atoms with Crippen LogP contribution in [-0.2, 0) is 12.1 Å². The van der Waals surface area contributed by atoms with E-state index in [1.54, 1.807) is 4.90 Å². The molecule has 1 heterocycles. The molecule has 0 unspecified atom stereocenters. The van der Waals surface area contributed by atoms with Gasteiger partial charge in [-0.25, -0.2) is 4.31 Å². The first kappa shape index (κ1) is 19.5. The Bertz CT molecular complexity index is 865. The van der Waals surface area contributed by atoms with E-state index in [0.717, 1.165) is 21.4 Å². The van der Waals surface area contributed by atoms with Gasteiger partial charge >= 0.3 is 0 Å². The molecule has 0 bridgehead atoms. The van der Waals surface area contributed by atoms with Crippen LogP contribution in [-0.4, -0.2) is 66.1 Å². The molecule has 2 aromatic carbocycles. The molecule has 142 valence electrons. The van der Waals surface area contributed by atoms with Crippen LogP contribution in [0.5, 0.6) is 0 Å². The fourth-order valence-corrected chi connectivity index (χ4v) is 7.71. The van der Waals surface area contributed by atoms with E-state index in [1.165, 1.54) is 0 Å². The number of anilines is 1. The lowest BCUT2D eigenvalue weighted by Crippen LogP contribution is -2.52. The molecular weight excluding hydrogens is 463 g/mol. The highest BCUT2D eigenvalue weighted by Crippen LogP contribution is 2.38. The molecular formula is C18H25IN4O2S. The zero-order valence-corrected chi connectivity index (χ0v) is 18.1. The van der Waals surface area contributed by atoms with Crippen molar-refractivity contribution in [2.24, 2.45) is 5.73 Å². The number of nitrogens with zero attached hydrogens (tertiary/aromatic N) is 3. The van der Waals surface area contributed by atoms with Crippen LogP contribution < -0.4 is 10.6 Å². The Morgan fingerprint density at radius 3 is 2.35 bits per heavy atom. The summed E-state index contributed by atoms with van der Waals surface area (Å²) in [6.07, 6.45) is 0. The largest absolute Gasteiger partial charge is 0.377 e. The van der Waals surface area contributed by atoms with Gasteiger partial charge in [0, 0.05) is 84.7 Å². The fraction of sp³-hybridized carbons (Fsp3) is 0.389. The monoisotopic (exact) mass is 488 g/mol. The standard InChI is InChI=1S/C18H25IN4O2S/c1-21(2)16-7-3-6-15-14(16)5-4-8-17(15)26(19,25)23-11-9-22(10-12-23)18(24)13-20/h3-8,26H,9-13,20H2,1-2H3. The van der Waals surface area contributed by atoms with Crippen molar-refractivity contribution in [3.05, 3.63) is 36.4 Å². The summed E-state index contributed by atoms with van der Waals surface area (Å²) in [5.74, 6) is -0.0475. The van der Waals surface area contributed by atoms with Crippen molar-refractivity contribution in [1.82, 2.24) is 9.21 Å². The number of piperazine rings is 1. The number of hydrogen-bond acceptors (Lipinski definition) is 4. The summed E-state index contributed by atoms with van der Waals surface area (Å²) in [5.41, 5.74) is 6.56. The first-order valence-corrected chi connectivity index (χ1v) is 13.0. The number of carbonyl (C=O) groups excluding carboxylic acids is 1. The predicted octanol–water partition coefficient (Wildman–Crippen LogP) is 1.65. The second-order valence-corrected chi connectivity index (χ2v) is 12.6. The van der Waals surface area contributed by atoms with Gasteiger partial charge in [-0.2, -0.15) is 0 Å². The van der Waals surface area contributed by atoms with Crippen molar-refractivity contribution in [3.63, 3.8) is 0 Å². The highest BCUT2D eigenvalue weighted by Gasteiger charge is 2.30. The lowest BCUT2D eigenvalue weighted by molar-refractivity contribution is -0.130. The number of halogens is 1. The molecule has 2 aromatic rings. The van der Waals surface area contributed by atoms with E-state index >= 15 is 0 Å². The molecule has 1 saturated heterocycles. The zero-order valence-electron chi connectivity index (χ0n) is 15.1. The summed E-state index contributed by atoms with van der Waals surface area (Å²) >= 11 is 2.11. The molecule has 1 aliphatic rings. The molecule has 1 amide bonds. The summed E-state index contributed by atoms with van der Waals surface area (Å²) in [5, 5.41) is 2.13. The number of fused-ring (bicyclic) bond motifs is 1. The van der Waals surface area contributed by atoms with Crippen LogP contribution in [0.25, 0.3) is 10.8 Å². The summed E-state index contributed by atoms with van der Waals surface area (Å²) in [6.45, 7) is 2.34. The number of thiol groups is 1. The number of nitrogens with two attached hydrogens (primary N) is 1. The smallest absolute Gasteiger partial charge is 0.236 e. The molecule has 0 saturated carbocycles. The highest BCUT2D eigenvalue weighted by atomic mass is 127. The molecule has 0 spiro atoms. The third kappa shape index (κ3) is 3.60. The van der Waals surface area contributed by atoms with Crippen molar-refractivity contribution in [3.8, 4) is 0 Å². The lowest BCUT2D eigenvalue weighted by Gasteiger charge is -2.39. The number of rotatable bonds is 4. The van der Waals surface area contributed by atoms with Crippen LogP contribution in [0.15, 0.2) is 41.3 Å². The molecule has 1 aliphatic heterocycles. The average molecular weight is 488 g/mol. The molecule has 0 radical (unpaired) electrons. The minimum absolute atomic E-state index is 0.0263. The maximum absolute atomic E-state index is 13.8. The quantitative estimate of drug-likeness (QED) is 0.390. The van der Waals surface area contributed by atoms with Crippen LogP contribution in [0.3, 0.4) is 0 Å². The summed E-state index contributed by atoms with van der Waals surface area (Å²) in [4.78, 5) is 16.5. The molecule has 8 heteroatoms. The topological polar surface area (TPSA) is 69.9 Å². The Morgan fingerprint density at radius 2 is 1.73 bits per heavy atom. The first-order valence-electron chi connectivity index (χ1n) is 8.59. The van der Waals surface area contributed by atoms with Gasteiger partial charge in [-0.1, -0.05) is 24.3 Å². The van der Waals surface area contributed by atoms with Gasteiger partial charge in [-0.3, -0.25) is 9.00 Å². The van der Waals surface area contributed by atoms with E-state index in [-0.39, 0.29) is 12.5 Å². The van der Waals surface area contributed by atoms with Gasteiger partial charge in [0.25, 0.3) is 0 Å². The fourth-order valence-electron chi connectivity index (χ4n) is 3.39. The van der Waals surface area contributed by atoms with Gasteiger partial charge in [0.2, 0.25) is 5.91 Å². The summed E-state index contributed by atoms with van der Waals surface area (Å²) < 4.78 is 15.8. The minimum Gasteiger partial charge on any atom is -0.377 e. The van der Waals surface area contributed by atoms with Crippen molar-refractivity contribution in [2.75, 3.05) is 51.7 Å². The van der Waals surface area contributed by atoms with Crippen LogP contribution in [0.2, 0.25) is 0 Å². The van der Waals surface area contributed by atoms with Gasteiger partial charge in [0.15, 0.2) is 0 Å². The lowest BCUT2D eigenvalue weighted by atomic mass is 10.1. The molecule has 6 nitrogen and oxygen atoms in total. The third-order valence-corrected chi connectivity index (χ3v) is 10.3. The van der Waals surface area contributed by atoms with Gasteiger partial charge in [0.1, 0.15) is 0 Å². The van der Waals surface area contributed by atoms with E-state index < -0.39 is 7.29 Å². The molecule has 0 aromatic heterocycles. The normalized spacial score (nSPS) is 16.7. The van der Waals surface area contributed by atoms with Crippen LogP contribution in [0.4, 0.5) is 5.69 Å². The molecule has 2 N–H and O–H groups in total. The Labute approximate surface area is 167 Å². The zero-order chi connectivity index (χ0) is 18.9. The van der Waals surface area contributed by atoms with Crippen LogP contribution in [0, 0.1) is 0 Å². The second-order valence-electron chi connectivity index (χ2n) is 6.58. The first-order chi connectivity index (χ1) is 12.4.